The van der Waals surface area contributed by atoms with Crippen molar-refractivity contribution in [3.63, 3.8) is 0 Å². The second-order valence-corrected chi connectivity index (χ2v) is 6.74. The Morgan fingerprint density at radius 1 is 1.23 bits per heavy atom. The molecule has 1 N–H and O–H groups in total. The van der Waals surface area contributed by atoms with Crippen molar-refractivity contribution in [1.82, 2.24) is 9.55 Å². The maximum Gasteiger partial charge on any atom is 0.337 e. The maximum absolute atomic E-state index is 11.8. The van der Waals surface area contributed by atoms with Crippen molar-refractivity contribution in [2.45, 2.75) is 38.6 Å². The molecule has 4 rings (SSSR count). The Bertz CT molecular complexity index is 1040. The highest BCUT2D eigenvalue weighted by atomic mass is 16.4. The van der Waals surface area contributed by atoms with E-state index in [1.54, 1.807) is 18.3 Å². The third-order valence-electron chi connectivity index (χ3n) is 5.16. The molecule has 0 fully saturated rings. The molecule has 1 aliphatic rings. The fraction of sp³-hybridized carbons (Fsp3) is 0.286. The number of nitriles is 1. The summed E-state index contributed by atoms with van der Waals surface area (Å²) in [7, 11) is 0. The zero-order chi connectivity index (χ0) is 18.1. The lowest BCUT2D eigenvalue weighted by Crippen LogP contribution is -2.08. The van der Waals surface area contributed by atoms with Crippen LogP contribution in [0.25, 0.3) is 10.9 Å². The van der Waals surface area contributed by atoms with Gasteiger partial charge in [0.05, 0.1) is 11.1 Å². The third-order valence-corrected chi connectivity index (χ3v) is 5.16. The van der Waals surface area contributed by atoms with Crippen LogP contribution in [-0.2, 0) is 19.4 Å². The van der Waals surface area contributed by atoms with Crippen molar-refractivity contribution in [1.29, 1.82) is 5.26 Å². The molecule has 0 atom stereocenters. The number of aromatic carboxylic acids is 1. The first-order valence-corrected chi connectivity index (χ1v) is 8.90. The third kappa shape index (κ3) is 2.74. The van der Waals surface area contributed by atoms with E-state index in [1.165, 1.54) is 17.7 Å². The molecule has 0 amide bonds. The summed E-state index contributed by atoms with van der Waals surface area (Å²) < 4.78 is 2.15. The van der Waals surface area contributed by atoms with Crippen LogP contribution in [0.3, 0.4) is 0 Å². The number of fused-ring (bicyclic) bond motifs is 3. The predicted octanol–water partition coefficient (Wildman–Crippen LogP) is 3.92. The summed E-state index contributed by atoms with van der Waals surface area (Å²) in [6.07, 6.45) is 7.03. The van der Waals surface area contributed by atoms with Crippen LogP contribution in [0.2, 0.25) is 0 Å². The Hall–Kier alpha value is -3.13. The summed E-state index contributed by atoms with van der Waals surface area (Å²) in [6, 6.07) is 11.3. The van der Waals surface area contributed by atoms with Crippen LogP contribution >= 0.6 is 0 Å². The standard InChI is InChI=1S/C21H19N3O2/c22-12-15-11-14(9-10-23-15)13-24-19-8-3-1-2-5-16(19)17-6-4-7-18(20(17)24)21(25)26/h4,6-7,9-11H,1-3,5,8,13H2,(H,25,26). The van der Waals surface area contributed by atoms with E-state index >= 15 is 0 Å². The summed E-state index contributed by atoms with van der Waals surface area (Å²) in [4.78, 5) is 15.9. The Kier molecular flexibility index (Phi) is 4.18. The summed E-state index contributed by atoms with van der Waals surface area (Å²) in [5, 5.41) is 19.9. The normalized spacial score (nSPS) is 13.8. The lowest BCUT2D eigenvalue weighted by Gasteiger charge is -2.12. The summed E-state index contributed by atoms with van der Waals surface area (Å²) in [5.41, 5.74) is 4.99. The van der Waals surface area contributed by atoms with E-state index in [9.17, 15) is 9.90 Å². The smallest absolute Gasteiger partial charge is 0.337 e. The van der Waals surface area contributed by atoms with E-state index in [-0.39, 0.29) is 0 Å². The van der Waals surface area contributed by atoms with Gasteiger partial charge in [-0.3, -0.25) is 0 Å². The molecule has 0 bridgehead atoms. The summed E-state index contributed by atoms with van der Waals surface area (Å²) in [5.74, 6) is -0.906. The molecule has 0 saturated carbocycles. The van der Waals surface area contributed by atoms with Gasteiger partial charge in [0.25, 0.3) is 0 Å². The number of hydrogen-bond donors (Lipinski definition) is 1. The zero-order valence-corrected chi connectivity index (χ0v) is 14.4. The predicted molar refractivity (Wildman–Crippen MR) is 98.2 cm³/mol. The number of benzene rings is 1. The lowest BCUT2D eigenvalue weighted by molar-refractivity contribution is 0.0698. The molecule has 2 aromatic heterocycles. The molecular weight excluding hydrogens is 326 g/mol. The van der Waals surface area contributed by atoms with Gasteiger partial charge in [0, 0.05) is 23.8 Å². The van der Waals surface area contributed by atoms with Crippen molar-refractivity contribution in [3.05, 3.63) is 64.6 Å². The largest absolute Gasteiger partial charge is 0.478 e. The number of nitrogens with zero attached hydrogens (tertiary/aromatic N) is 3. The van der Waals surface area contributed by atoms with Gasteiger partial charge in [-0.25, -0.2) is 9.78 Å². The Labute approximate surface area is 151 Å². The van der Waals surface area contributed by atoms with E-state index in [1.807, 2.05) is 18.2 Å². The Morgan fingerprint density at radius 2 is 2.08 bits per heavy atom. The van der Waals surface area contributed by atoms with Crippen molar-refractivity contribution in [2.75, 3.05) is 0 Å². The molecule has 130 valence electrons. The number of rotatable bonds is 3. The van der Waals surface area contributed by atoms with Crippen molar-refractivity contribution in [2.24, 2.45) is 0 Å². The van der Waals surface area contributed by atoms with Gasteiger partial charge in [0.15, 0.2) is 0 Å². The number of pyridine rings is 1. The molecular formula is C21H19N3O2. The second kappa shape index (κ2) is 6.64. The second-order valence-electron chi connectivity index (χ2n) is 6.74. The molecule has 0 aliphatic heterocycles. The van der Waals surface area contributed by atoms with Gasteiger partial charge in [-0.1, -0.05) is 18.6 Å². The minimum Gasteiger partial charge on any atom is -0.478 e. The van der Waals surface area contributed by atoms with E-state index in [0.29, 0.717) is 17.8 Å². The van der Waals surface area contributed by atoms with Crippen LogP contribution in [0.5, 0.6) is 0 Å². The van der Waals surface area contributed by atoms with Crippen LogP contribution in [0, 0.1) is 11.3 Å². The van der Waals surface area contributed by atoms with Gasteiger partial charge in [0.1, 0.15) is 11.8 Å². The average molecular weight is 345 g/mol. The Morgan fingerprint density at radius 3 is 2.88 bits per heavy atom. The molecule has 5 nitrogen and oxygen atoms in total. The topological polar surface area (TPSA) is 78.9 Å². The number of carboxylic acids is 1. The maximum atomic E-state index is 11.8. The highest BCUT2D eigenvalue weighted by Crippen LogP contribution is 2.34. The van der Waals surface area contributed by atoms with E-state index in [0.717, 1.165) is 42.1 Å². The van der Waals surface area contributed by atoms with Gasteiger partial charge in [-0.15, -0.1) is 0 Å². The molecule has 0 radical (unpaired) electrons. The van der Waals surface area contributed by atoms with Gasteiger partial charge >= 0.3 is 5.97 Å². The monoisotopic (exact) mass is 345 g/mol. The Balaban J connectivity index is 1.95. The van der Waals surface area contributed by atoms with Crippen molar-refractivity contribution < 1.29 is 9.90 Å². The molecule has 0 unspecified atom stereocenters. The van der Waals surface area contributed by atoms with Gasteiger partial charge in [0.2, 0.25) is 0 Å². The molecule has 0 spiro atoms. The van der Waals surface area contributed by atoms with Crippen LogP contribution in [0.4, 0.5) is 0 Å². The van der Waals surface area contributed by atoms with Gasteiger partial charge < -0.3 is 9.67 Å². The van der Waals surface area contributed by atoms with E-state index in [4.69, 9.17) is 5.26 Å². The van der Waals surface area contributed by atoms with Crippen LogP contribution in [0.1, 0.15) is 52.1 Å². The van der Waals surface area contributed by atoms with Crippen molar-refractivity contribution in [3.8, 4) is 6.07 Å². The SMILES string of the molecule is N#Cc1cc(Cn2c3c(c4cccc(C(=O)O)c42)CCCCC3)ccn1. The molecule has 5 heteroatoms. The fourth-order valence-electron chi connectivity index (χ4n) is 4.03. The van der Waals surface area contributed by atoms with Crippen LogP contribution in [-0.4, -0.2) is 20.6 Å². The molecule has 3 aromatic rings. The first-order chi connectivity index (χ1) is 12.7. The number of aromatic nitrogens is 2. The summed E-state index contributed by atoms with van der Waals surface area (Å²) >= 11 is 0. The highest BCUT2D eigenvalue weighted by molar-refractivity contribution is 6.04. The number of carboxylic acid groups (broad SMARTS) is 1. The molecule has 1 aromatic carbocycles. The first kappa shape index (κ1) is 16.3. The molecule has 2 heterocycles. The number of para-hydroxylation sites is 1. The average Bonchev–Trinajstić information content (AvgIpc) is 2.81. The lowest BCUT2D eigenvalue weighted by atomic mass is 10.0. The number of carbonyl (C=O) groups is 1. The van der Waals surface area contributed by atoms with Crippen LogP contribution < -0.4 is 0 Å². The fourth-order valence-corrected chi connectivity index (χ4v) is 4.03. The van der Waals surface area contributed by atoms with Gasteiger partial charge in [-0.05, 0) is 55.0 Å². The minimum absolute atomic E-state index is 0.338. The number of aryl methyl sites for hydroxylation is 1. The quantitative estimate of drug-likeness (QED) is 0.730. The minimum atomic E-state index is -0.906. The first-order valence-electron chi connectivity index (χ1n) is 8.90. The molecule has 1 aliphatic carbocycles. The summed E-state index contributed by atoms with van der Waals surface area (Å²) in [6.45, 7) is 0.549. The number of hydrogen-bond acceptors (Lipinski definition) is 3. The van der Waals surface area contributed by atoms with Crippen LogP contribution in [0.15, 0.2) is 36.5 Å². The van der Waals surface area contributed by atoms with E-state index < -0.39 is 5.97 Å². The van der Waals surface area contributed by atoms with E-state index in [2.05, 4.69) is 15.6 Å². The molecule has 26 heavy (non-hydrogen) atoms. The zero-order valence-electron chi connectivity index (χ0n) is 14.4. The molecule has 0 saturated heterocycles. The highest BCUT2D eigenvalue weighted by Gasteiger charge is 2.22. The van der Waals surface area contributed by atoms with Crippen molar-refractivity contribution >= 4 is 16.9 Å². The van der Waals surface area contributed by atoms with Gasteiger partial charge in [-0.2, -0.15) is 5.26 Å².